The number of hydrazone groups is 2. The summed E-state index contributed by atoms with van der Waals surface area (Å²) in [4.78, 5) is 0. The Balaban J connectivity index is 1.69. The largest absolute Gasteiger partial charge is 0.277 e. The molecule has 0 radical (unpaired) electrons. The van der Waals surface area contributed by atoms with E-state index in [1.807, 2.05) is 109 Å². The first-order chi connectivity index (χ1) is 16.2. The summed E-state index contributed by atoms with van der Waals surface area (Å²) in [5, 5.41) is 12.2. The first-order valence-electron chi connectivity index (χ1n) is 10.1. The maximum Gasteiger partial charge on any atom is 0.130 e. The van der Waals surface area contributed by atoms with Crippen molar-refractivity contribution >= 4 is 56.4 Å². The van der Waals surface area contributed by atoms with Crippen LogP contribution in [0.5, 0.6) is 0 Å². The van der Waals surface area contributed by atoms with Gasteiger partial charge in [-0.15, -0.1) is 0 Å². The Morgan fingerprint density at radius 2 is 0.879 bits per heavy atom. The monoisotopic (exact) mass is 490 g/mol. The van der Waals surface area contributed by atoms with Crippen molar-refractivity contribution in [1.82, 2.24) is 0 Å². The third-order valence-corrected chi connectivity index (χ3v) is 6.04. The van der Waals surface area contributed by atoms with E-state index in [0.717, 1.165) is 32.6 Å². The van der Waals surface area contributed by atoms with Crippen LogP contribution in [0, 0.1) is 0 Å². The SMILES string of the molecule is Clc1ccc(/C(=N/Nc2ccccc2)S/C(=N\Nc2ccccc2)c2ccc(Cl)cc2)cc1. The summed E-state index contributed by atoms with van der Waals surface area (Å²) in [6.07, 6.45) is 0. The van der Waals surface area contributed by atoms with Gasteiger partial charge in [0.2, 0.25) is 0 Å². The molecule has 0 aliphatic carbocycles. The summed E-state index contributed by atoms with van der Waals surface area (Å²) in [5.41, 5.74) is 9.87. The fraction of sp³-hybridized carbons (Fsp3) is 0. The van der Waals surface area contributed by atoms with Crippen LogP contribution in [0.15, 0.2) is 119 Å². The van der Waals surface area contributed by atoms with E-state index < -0.39 is 0 Å². The van der Waals surface area contributed by atoms with Gasteiger partial charge in [0.1, 0.15) is 10.1 Å². The maximum absolute atomic E-state index is 6.11. The van der Waals surface area contributed by atoms with Crippen LogP contribution in [-0.4, -0.2) is 10.1 Å². The minimum absolute atomic E-state index is 0.663. The van der Waals surface area contributed by atoms with Gasteiger partial charge >= 0.3 is 0 Å². The molecule has 0 heterocycles. The minimum atomic E-state index is 0.663. The molecule has 0 fully saturated rings. The van der Waals surface area contributed by atoms with Gasteiger partial charge in [0, 0.05) is 21.2 Å². The molecule has 0 aliphatic rings. The molecular formula is C26H20Cl2N4S. The normalized spacial score (nSPS) is 11.8. The zero-order valence-electron chi connectivity index (χ0n) is 17.5. The van der Waals surface area contributed by atoms with E-state index in [1.165, 1.54) is 11.8 Å². The van der Waals surface area contributed by atoms with Crippen molar-refractivity contribution in [1.29, 1.82) is 0 Å². The molecule has 4 aromatic rings. The van der Waals surface area contributed by atoms with Crippen molar-refractivity contribution in [2.75, 3.05) is 10.9 Å². The molecule has 0 amide bonds. The van der Waals surface area contributed by atoms with Crippen LogP contribution in [0.3, 0.4) is 0 Å². The van der Waals surface area contributed by atoms with E-state index >= 15 is 0 Å². The number of para-hydroxylation sites is 2. The van der Waals surface area contributed by atoms with Crippen LogP contribution in [0.4, 0.5) is 11.4 Å². The van der Waals surface area contributed by atoms with E-state index in [-0.39, 0.29) is 0 Å². The topological polar surface area (TPSA) is 48.8 Å². The third kappa shape index (κ3) is 6.86. The van der Waals surface area contributed by atoms with Crippen LogP contribution < -0.4 is 10.9 Å². The first-order valence-corrected chi connectivity index (χ1v) is 11.7. The van der Waals surface area contributed by atoms with Gasteiger partial charge in [0.25, 0.3) is 0 Å². The quantitative estimate of drug-likeness (QED) is 0.163. The summed E-state index contributed by atoms with van der Waals surface area (Å²) >= 11 is 13.7. The van der Waals surface area contributed by atoms with Gasteiger partial charge in [-0.1, -0.05) is 83.9 Å². The highest BCUT2D eigenvalue weighted by molar-refractivity contribution is 8.27. The summed E-state index contributed by atoms with van der Waals surface area (Å²) in [5.74, 6) is 0. The lowest BCUT2D eigenvalue weighted by molar-refractivity contribution is 1.34. The molecule has 7 heteroatoms. The number of nitrogens with zero attached hydrogens (tertiary/aromatic N) is 2. The molecule has 4 aromatic carbocycles. The highest BCUT2D eigenvalue weighted by Gasteiger charge is 2.13. The van der Waals surface area contributed by atoms with Crippen molar-refractivity contribution in [2.45, 2.75) is 0 Å². The first kappa shape index (κ1) is 22.9. The highest BCUT2D eigenvalue weighted by atomic mass is 35.5. The lowest BCUT2D eigenvalue weighted by Crippen LogP contribution is -2.08. The molecule has 0 aliphatic heterocycles. The van der Waals surface area contributed by atoms with Crippen LogP contribution in [0.1, 0.15) is 11.1 Å². The van der Waals surface area contributed by atoms with Crippen molar-refractivity contribution in [2.24, 2.45) is 10.2 Å². The fourth-order valence-electron chi connectivity index (χ4n) is 2.83. The Kier molecular flexibility index (Phi) is 8.04. The van der Waals surface area contributed by atoms with Gasteiger partial charge in [-0.25, -0.2) is 0 Å². The number of hydrogen-bond acceptors (Lipinski definition) is 5. The second-order valence-corrected chi connectivity index (χ2v) is 8.76. The van der Waals surface area contributed by atoms with Gasteiger partial charge in [0.05, 0.1) is 11.4 Å². The van der Waals surface area contributed by atoms with Gasteiger partial charge in [-0.05, 0) is 60.3 Å². The second-order valence-electron chi connectivity index (χ2n) is 6.91. The summed E-state index contributed by atoms with van der Waals surface area (Å²) in [7, 11) is 0. The molecule has 0 saturated carbocycles. The molecular weight excluding hydrogens is 471 g/mol. The third-order valence-electron chi connectivity index (χ3n) is 4.50. The highest BCUT2D eigenvalue weighted by Crippen LogP contribution is 2.24. The van der Waals surface area contributed by atoms with Crippen LogP contribution in [-0.2, 0) is 0 Å². The average Bonchev–Trinajstić information content (AvgIpc) is 2.86. The Bertz CT molecular complexity index is 1130. The lowest BCUT2D eigenvalue weighted by atomic mass is 10.2. The van der Waals surface area contributed by atoms with Crippen molar-refractivity contribution in [3.8, 4) is 0 Å². The minimum Gasteiger partial charge on any atom is -0.277 e. The molecule has 0 aromatic heterocycles. The fourth-order valence-corrected chi connectivity index (χ4v) is 3.95. The summed E-state index contributed by atoms with van der Waals surface area (Å²) in [6, 6.07) is 34.7. The molecule has 0 spiro atoms. The second kappa shape index (κ2) is 11.6. The molecule has 0 bridgehead atoms. The molecule has 164 valence electrons. The number of benzene rings is 4. The van der Waals surface area contributed by atoms with Crippen LogP contribution >= 0.6 is 35.0 Å². The van der Waals surface area contributed by atoms with Crippen molar-refractivity contribution in [3.05, 3.63) is 130 Å². The molecule has 4 nitrogen and oxygen atoms in total. The predicted molar refractivity (Wildman–Crippen MR) is 144 cm³/mol. The van der Waals surface area contributed by atoms with Crippen LogP contribution in [0.2, 0.25) is 10.0 Å². The van der Waals surface area contributed by atoms with Gasteiger partial charge in [0.15, 0.2) is 0 Å². The Labute approximate surface area is 207 Å². The number of hydrogen-bond donors (Lipinski definition) is 2. The van der Waals surface area contributed by atoms with Crippen molar-refractivity contribution in [3.63, 3.8) is 0 Å². The Hall–Kier alpha value is -3.25. The zero-order valence-corrected chi connectivity index (χ0v) is 19.8. The Morgan fingerprint density at radius 3 is 1.24 bits per heavy atom. The molecule has 2 N–H and O–H groups in total. The Morgan fingerprint density at radius 1 is 0.515 bits per heavy atom. The molecule has 0 atom stereocenters. The zero-order chi connectivity index (χ0) is 22.9. The lowest BCUT2D eigenvalue weighted by Gasteiger charge is -2.11. The maximum atomic E-state index is 6.11. The molecule has 0 saturated heterocycles. The smallest absolute Gasteiger partial charge is 0.130 e. The van der Waals surface area contributed by atoms with Gasteiger partial charge in [-0.2, -0.15) is 10.2 Å². The molecule has 4 rings (SSSR count). The predicted octanol–water partition coefficient (Wildman–Crippen LogP) is 7.97. The van der Waals surface area contributed by atoms with E-state index in [2.05, 4.69) is 21.1 Å². The number of nitrogens with one attached hydrogen (secondary N) is 2. The van der Waals surface area contributed by atoms with Crippen LogP contribution in [0.25, 0.3) is 0 Å². The van der Waals surface area contributed by atoms with E-state index in [1.54, 1.807) is 0 Å². The van der Waals surface area contributed by atoms with Gasteiger partial charge in [-0.3, -0.25) is 10.9 Å². The van der Waals surface area contributed by atoms with Gasteiger partial charge < -0.3 is 0 Å². The standard InChI is InChI=1S/C26H20Cl2N4S/c27-21-15-11-19(12-16-21)25(31-29-23-7-3-1-4-8-23)33-26(20-13-17-22(28)18-14-20)32-30-24-9-5-2-6-10-24/h1-18,29-30H/b31-25-,32-26-. The summed E-state index contributed by atoms with van der Waals surface area (Å²) in [6.45, 7) is 0. The van der Waals surface area contributed by atoms with E-state index in [4.69, 9.17) is 23.2 Å². The molecule has 33 heavy (non-hydrogen) atoms. The van der Waals surface area contributed by atoms with Crippen molar-refractivity contribution < 1.29 is 0 Å². The molecule has 0 unspecified atom stereocenters. The number of rotatable bonds is 6. The van der Waals surface area contributed by atoms with E-state index in [9.17, 15) is 0 Å². The number of thioether (sulfide) groups is 1. The number of anilines is 2. The number of halogens is 2. The average molecular weight is 491 g/mol. The summed E-state index contributed by atoms with van der Waals surface area (Å²) < 4.78 is 0. The van der Waals surface area contributed by atoms with E-state index in [0.29, 0.717) is 10.0 Å².